The Morgan fingerprint density at radius 3 is 2.23 bits per heavy atom. The Kier molecular flexibility index (Phi) is 4.70. The van der Waals surface area contributed by atoms with Crippen molar-refractivity contribution in [1.82, 2.24) is 0 Å². The normalized spacial score (nSPS) is 30.5. The van der Waals surface area contributed by atoms with Crippen LogP contribution in [0.5, 0.6) is 0 Å². The third-order valence-corrected chi connectivity index (χ3v) is 7.16. The zero-order valence-corrected chi connectivity index (χ0v) is 18.8. The Hall–Kier alpha value is -3.18. The molecule has 0 radical (unpaired) electrons. The van der Waals surface area contributed by atoms with E-state index in [4.69, 9.17) is 14.9 Å². The SMILES string of the molecule is Cc1ccc(C)c(C2OC3(c4ccc(Br)cc4)OC(=N)C(C#N)(C3C)C2(C#N)C#N)c1. The number of nitriles is 3. The summed E-state index contributed by atoms with van der Waals surface area (Å²) in [5.74, 6) is -2.67. The van der Waals surface area contributed by atoms with Crippen molar-refractivity contribution < 1.29 is 9.47 Å². The fourth-order valence-electron chi connectivity index (χ4n) is 4.87. The molecule has 2 saturated heterocycles. The van der Waals surface area contributed by atoms with E-state index in [0.717, 1.165) is 15.6 Å². The lowest BCUT2D eigenvalue weighted by atomic mass is 9.53. The van der Waals surface area contributed by atoms with Gasteiger partial charge in [-0.15, -0.1) is 0 Å². The second-order valence-corrected chi connectivity index (χ2v) is 9.05. The third-order valence-electron chi connectivity index (χ3n) is 6.63. The molecule has 4 unspecified atom stereocenters. The second-order valence-electron chi connectivity index (χ2n) is 8.14. The molecule has 4 rings (SSSR count). The zero-order valence-electron chi connectivity index (χ0n) is 17.2. The van der Waals surface area contributed by atoms with Crippen molar-refractivity contribution in [3.63, 3.8) is 0 Å². The minimum Gasteiger partial charge on any atom is -0.443 e. The first kappa shape index (κ1) is 21.1. The maximum Gasteiger partial charge on any atom is 0.244 e. The van der Waals surface area contributed by atoms with Crippen molar-refractivity contribution in [2.75, 3.05) is 0 Å². The molecule has 0 aromatic heterocycles. The molecule has 154 valence electrons. The number of nitrogens with one attached hydrogen (secondary N) is 1. The minimum atomic E-state index is -1.97. The molecule has 0 saturated carbocycles. The molecule has 31 heavy (non-hydrogen) atoms. The molecule has 0 spiro atoms. The van der Waals surface area contributed by atoms with E-state index in [0.29, 0.717) is 11.1 Å². The van der Waals surface area contributed by atoms with Gasteiger partial charge in [0.1, 0.15) is 6.10 Å². The molecule has 0 aliphatic carbocycles. The van der Waals surface area contributed by atoms with Gasteiger partial charge in [0.2, 0.25) is 17.1 Å². The van der Waals surface area contributed by atoms with Gasteiger partial charge in [0.25, 0.3) is 0 Å². The highest BCUT2D eigenvalue weighted by molar-refractivity contribution is 9.10. The molecule has 2 aliphatic heterocycles. The van der Waals surface area contributed by atoms with E-state index in [1.165, 1.54) is 0 Å². The fourth-order valence-corrected chi connectivity index (χ4v) is 5.14. The first-order valence-electron chi connectivity index (χ1n) is 9.75. The molecule has 2 heterocycles. The van der Waals surface area contributed by atoms with Crippen LogP contribution in [0, 0.1) is 70.0 Å². The summed E-state index contributed by atoms with van der Waals surface area (Å²) >= 11 is 3.41. The predicted octanol–water partition coefficient (Wildman–Crippen LogP) is 5.18. The minimum absolute atomic E-state index is 0.415. The number of benzene rings is 2. The summed E-state index contributed by atoms with van der Waals surface area (Å²) in [5.41, 5.74) is -0.765. The first-order valence-corrected chi connectivity index (χ1v) is 10.5. The molecular formula is C24H19BrN4O2. The molecule has 0 amide bonds. The van der Waals surface area contributed by atoms with Gasteiger partial charge in [-0.3, -0.25) is 5.41 Å². The van der Waals surface area contributed by atoms with Crippen LogP contribution in [0.25, 0.3) is 0 Å². The van der Waals surface area contributed by atoms with Gasteiger partial charge in [-0.1, -0.05) is 58.7 Å². The van der Waals surface area contributed by atoms with Crippen LogP contribution in [0.2, 0.25) is 0 Å². The highest BCUT2D eigenvalue weighted by atomic mass is 79.9. The summed E-state index contributed by atoms with van der Waals surface area (Å²) in [4.78, 5) is 0. The molecule has 6 nitrogen and oxygen atoms in total. The number of hydrogen-bond acceptors (Lipinski definition) is 6. The van der Waals surface area contributed by atoms with E-state index in [1.54, 1.807) is 19.1 Å². The molecule has 2 bridgehead atoms. The topological polar surface area (TPSA) is 114 Å². The van der Waals surface area contributed by atoms with Crippen LogP contribution in [-0.2, 0) is 15.3 Å². The van der Waals surface area contributed by atoms with Crippen molar-refractivity contribution in [1.29, 1.82) is 21.2 Å². The van der Waals surface area contributed by atoms with Crippen LogP contribution in [0.3, 0.4) is 0 Å². The smallest absolute Gasteiger partial charge is 0.244 e. The van der Waals surface area contributed by atoms with Crippen molar-refractivity contribution in [2.45, 2.75) is 32.7 Å². The van der Waals surface area contributed by atoms with Crippen LogP contribution >= 0.6 is 15.9 Å². The molecular weight excluding hydrogens is 456 g/mol. The van der Waals surface area contributed by atoms with Gasteiger partial charge in [-0.25, -0.2) is 0 Å². The molecule has 4 atom stereocenters. The molecule has 2 aliphatic rings. The number of rotatable bonds is 2. The fraction of sp³-hybridized carbons (Fsp3) is 0.333. The van der Waals surface area contributed by atoms with Gasteiger partial charge in [-0.2, -0.15) is 15.8 Å². The number of fused-ring (bicyclic) bond motifs is 2. The van der Waals surface area contributed by atoms with Gasteiger partial charge in [-0.05, 0) is 37.1 Å². The van der Waals surface area contributed by atoms with Crippen LogP contribution in [0.4, 0.5) is 0 Å². The van der Waals surface area contributed by atoms with Crippen molar-refractivity contribution >= 4 is 21.8 Å². The lowest BCUT2D eigenvalue weighted by molar-refractivity contribution is -0.288. The van der Waals surface area contributed by atoms with E-state index in [1.807, 2.05) is 44.2 Å². The summed E-state index contributed by atoms with van der Waals surface area (Å²) in [6, 6.07) is 19.3. The van der Waals surface area contributed by atoms with Crippen LogP contribution in [0.15, 0.2) is 46.9 Å². The number of hydrogen-bond donors (Lipinski definition) is 1. The van der Waals surface area contributed by atoms with Gasteiger partial charge in [0.05, 0.1) is 24.1 Å². The Balaban J connectivity index is 2.07. The van der Waals surface area contributed by atoms with E-state index < -0.39 is 34.5 Å². The van der Waals surface area contributed by atoms with Crippen molar-refractivity contribution in [3.8, 4) is 18.2 Å². The number of aryl methyl sites for hydroxylation is 2. The Labute approximate surface area is 189 Å². The van der Waals surface area contributed by atoms with Crippen LogP contribution < -0.4 is 0 Å². The summed E-state index contributed by atoms with van der Waals surface area (Å²) in [6.07, 6.45) is -1.09. The van der Waals surface area contributed by atoms with Gasteiger partial charge < -0.3 is 9.47 Å². The number of halogens is 1. The van der Waals surface area contributed by atoms with Crippen LogP contribution in [-0.4, -0.2) is 5.90 Å². The number of nitrogens with zero attached hydrogens (tertiary/aromatic N) is 3. The largest absolute Gasteiger partial charge is 0.443 e. The molecule has 1 N–H and O–H groups in total. The standard InChI is InChI=1S/C24H19BrN4O2/c1-14-4-5-15(2)19(10-14)20-22(11-26,12-27)23(13-28)16(3)24(30-20,31-21(23)29)17-6-8-18(25)9-7-17/h4-10,16,20,29H,1-3H3. The first-order chi connectivity index (χ1) is 14.7. The highest BCUT2D eigenvalue weighted by Crippen LogP contribution is 2.69. The summed E-state index contributed by atoms with van der Waals surface area (Å²) in [7, 11) is 0. The van der Waals surface area contributed by atoms with Gasteiger partial charge in [0, 0.05) is 10.0 Å². The van der Waals surface area contributed by atoms with E-state index in [2.05, 4.69) is 34.1 Å². The Morgan fingerprint density at radius 2 is 1.65 bits per heavy atom. The zero-order chi connectivity index (χ0) is 22.6. The lowest BCUT2D eigenvalue weighted by Crippen LogP contribution is -2.57. The average molecular weight is 475 g/mol. The van der Waals surface area contributed by atoms with E-state index >= 15 is 0 Å². The van der Waals surface area contributed by atoms with Crippen molar-refractivity contribution in [3.05, 3.63) is 69.2 Å². The Morgan fingerprint density at radius 1 is 1.00 bits per heavy atom. The van der Waals surface area contributed by atoms with Crippen LogP contribution in [0.1, 0.15) is 35.3 Å². The second kappa shape index (κ2) is 6.92. The third kappa shape index (κ3) is 2.47. The van der Waals surface area contributed by atoms with Gasteiger partial charge in [0.15, 0.2) is 5.41 Å². The Bertz CT molecular complexity index is 1210. The van der Waals surface area contributed by atoms with Crippen molar-refractivity contribution in [2.24, 2.45) is 16.7 Å². The predicted molar refractivity (Wildman–Crippen MR) is 115 cm³/mol. The highest BCUT2D eigenvalue weighted by Gasteiger charge is 2.79. The maximum atomic E-state index is 10.4. The number of ether oxygens (including phenoxy) is 2. The molecule has 2 aromatic carbocycles. The summed E-state index contributed by atoms with van der Waals surface area (Å²) in [6.45, 7) is 5.48. The molecule has 2 aromatic rings. The van der Waals surface area contributed by atoms with E-state index in [-0.39, 0.29) is 0 Å². The quantitative estimate of drug-likeness (QED) is 0.643. The molecule has 7 heteroatoms. The van der Waals surface area contributed by atoms with Gasteiger partial charge >= 0.3 is 0 Å². The maximum absolute atomic E-state index is 10.4. The van der Waals surface area contributed by atoms with E-state index in [9.17, 15) is 15.8 Å². The average Bonchev–Trinajstić information content (AvgIpc) is 2.92. The molecule has 2 fully saturated rings. The summed E-state index contributed by atoms with van der Waals surface area (Å²) in [5, 5.41) is 39.6. The monoisotopic (exact) mass is 474 g/mol. The summed E-state index contributed by atoms with van der Waals surface area (Å²) < 4.78 is 13.4. The lowest BCUT2D eigenvalue weighted by Gasteiger charge is -2.49.